The van der Waals surface area contributed by atoms with Gasteiger partial charge < -0.3 is 20.6 Å². The highest BCUT2D eigenvalue weighted by atomic mass is 16.3. The number of benzene rings is 1. The van der Waals surface area contributed by atoms with Crippen LogP contribution >= 0.6 is 0 Å². The summed E-state index contributed by atoms with van der Waals surface area (Å²) in [5.41, 5.74) is -0.311. The molecule has 1 saturated carbocycles. The van der Waals surface area contributed by atoms with Crippen molar-refractivity contribution in [2.75, 3.05) is 6.61 Å². The third-order valence-electron chi connectivity index (χ3n) is 4.01. The maximum Gasteiger partial charge on any atom is 0.251 e. The molecule has 1 aliphatic carbocycles. The summed E-state index contributed by atoms with van der Waals surface area (Å²) < 4.78 is 0. The molecule has 20 heavy (non-hydrogen) atoms. The zero-order valence-electron chi connectivity index (χ0n) is 11.6. The number of phenolic OH excluding ortho intramolecular Hbond substituents is 2. The van der Waals surface area contributed by atoms with Gasteiger partial charge in [-0.25, -0.2) is 0 Å². The number of rotatable bonds is 3. The number of carbonyl (C=O) groups excluding carboxylic acids is 1. The molecule has 0 saturated heterocycles. The number of phenols is 2. The van der Waals surface area contributed by atoms with E-state index in [9.17, 15) is 20.1 Å². The lowest BCUT2D eigenvalue weighted by Crippen LogP contribution is -2.53. The van der Waals surface area contributed by atoms with Crippen LogP contribution < -0.4 is 5.32 Å². The molecular weight excluding hydrogens is 258 g/mol. The fourth-order valence-electron chi connectivity index (χ4n) is 2.93. The molecule has 5 heteroatoms. The molecule has 0 aliphatic heterocycles. The van der Waals surface area contributed by atoms with Crippen LogP contribution in [0.5, 0.6) is 11.5 Å². The smallest absolute Gasteiger partial charge is 0.251 e. The summed E-state index contributed by atoms with van der Waals surface area (Å²) in [6.07, 6.45) is 3.59. The Kier molecular flexibility index (Phi) is 4.18. The van der Waals surface area contributed by atoms with Gasteiger partial charge in [-0.15, -0.1) is 0 Å². The molecule has 2 rings (SSSR count). The molecule has 0 radical (unpaired) electrons. The zero-order chi connectivity index (χ0) is 14.8. The Hall–Kier alpha value is -1.75. The SMILES string of the molecule is CC1CCCC(CO)(NC(=O)c2ccc(O)c(O)c2)C1. The summed E-state index contributed by atoms with van der Waals surface area (Å²) >= 11 is 0. The first kappa shape index (κ1) is 14.7. The maximum atomic E-state index is 12.2. The van der Waals surface area contributed by atoms with E-state index < -0.39 is 5.54 Å². The van der Waals surface area contributed by atoms with E-state index >= 15 is 0 Å². The number of aliphatic hydroxyl groups is 1. The summed E-state index contributed by atoms with van der Waals surface area (Å²) in [5.74, 6) is -0.467. The highest BCUT2D eigenvalue weighted by Gasteiger charge is 2.36. The molecule has 2 unspecified atom stereocenters. The molecular formula is C15H21NO4. The van der Waals surface area contributed by atoms with Crippen LogP contribution in [0.2, 0.25) is 0 Å². The summed E-state index contributed by atoms with van der Waals surface area (Å²) in [6, 6.07) is 3.95. The van der Waals surface area contributed by atoms with Gasteiger partial charge in [-0.2, -0.15) is 0 Å². The molecule has 110 valence electrons. The first-order chi connectivity index (χ1) is 9.46. The minimum Gasteiger partial charge on any atom is -0.504 e. The Morgan fingerprint density at radius 3 is 2.75 bits per heavy atom. The first-order valence-corrected chi connectivity index (χ1v) is 6.91. The van der Waals surface area contributed by atoms with E-state index in [-0.39, 0.29) is 29.6 Å². The van der Waals surface area contributed by atoms with Gasteiger partial charge in [0, 0.05) is 5.56 Å². The van der Waals surface area contributed by atoms with E-state index in [2.05, 4.69) is 12.2 Å². The summed E-state index contributed by atoms with van der Waals surface area (Å²) in [5, 5.41) is 31.2. The van der Waals surface area contributed by atoms with Crippen molar-refractivity contribution < 1.29 is 20.1 Å². The van der Waals surface area contributed by atoms with E-state index in [0.29, 0.717) is 5.92 Å². The van der Waals surface area contributed by atoms with Crippen molar-refractivity contribution >= 4 is 5.91 Å². The number of carbonyl (C=O) groups is 1. The van der Waals surface area contributed by atoms with Crippen molar-refractivity contribution in [3.8, 4) is 11.5 Å². The van der Waals surface area contributed by atoms with Crippen LogP contribution in [-0.4, -0.2) is 33.4 Å². The van der Waals surface area contributed by atoms with Crippen LogP contribution in [0.25, 0.3) is 0 Å². The largest absolute Gasteiger partial charge is 0.504 e. The van der Waals surface area contributed by atoms with Crippen molar-refractivity contribution in [3.63, 3.8) is 0 Å². The second-order valence-electron chi connectivity index (χ2n) is 5.80. The lowest BCUT2D eigenvalue weighted by atomic mass is 9.76. The fourth-order valence-corrected chi connectivity index (χ4v) is 2.93. The lowest BCUT2D eigenvalue weighted by molar-refractivity contribution is 0.0696. The van der Waals surface area contributed by atoms with Gasteiger partial charge in [0.25, 0.3) is 5.91 Å². The Labute approximate surface area is 118 Å². The van der Waals surface area contributed by atoms with Gasteiger partial charge in [0.1, 0.15) is 0 Å². The monoisotopic (exact) mass is 279 g/mol. The number of amides is 1. The zero-order valence-corrected chi connectivity index (χ0v) is 11.6. The van der Waals surface area contributed by atoms with Crippen molar-refractivity contribution in [2.24, 2.45) is 5.92 Å². The van der Waals surface area contributed by atoms with E-state index in [1.807, 2.05) is 0 Å². The molecule has 1 aromatic rings. The van der Waals surface area contributed by atoms with E-state index in [4.69, 9.17) is 0 Å². The van der Waals surface area contributed by atoms with Crippen molar-refractivity contribution in [3.05, 3.63) is 23.8 Å². The molecule has 1 aromatic carbocycles. The van der Waals surface area contributed by atoms with Crippen LogP contribution in [0.15, 0.2) is 18.2 Å². The van der Waals surface area contributed by atoms with Crippen LogP contribution in [0.1, 0.15) is 43.0 Å². The van der Waals surface area contributed by atoms with Crippen molar-refractivity contribution in [2.45, 2.75) is 38.1 Å². The van der Waals surface area contributed by atoms with Crippen LogP contribution in [0.4, 0.5) is 0 Å². The topological polar surface area (TPSA) is 89.8 Å². The minimum atomic E-state index is -0.581. The summed E-state index contributed by atoms with van der Waals surface area (Å²) in [4.78, 5) is 12.2. The normalized spacial score (nSPS) is 26.2. The first-order valence-electron chi connectivity index (χ1n) is 6.91. The highest BCUT2D eigenvalue weighted by molar-refractivity contribution is 5.95. The minimum absolute atomic E-state index is 0.0901. The predicted molar refractivity (Wildman–Crippen MR) is 74.7 cm³/mol. The standard InChI is InChI=1S/C15H21NO4/c1-10-3-2-6-15(8-10,9-17)16-14(20)11-4-5-12(18)13(19)7-11/h4-5,7,10,17-19H,2-3,6,8-9H2,1H3,(H,16,20). The Morgan fingerprint density at radius 2 is 2.15 bits per heavy atom. The van der Waals surface area contributed by atoms with Crippen molar-refractivity contribution in [1.82, 2.24) is 5.32 Å². The molecule has 5 nitrogen and oxygen atoms in total. The number of hydrogen-bond donors (Lipinski definition) is 4. The lowest BCUT2D eigenvalue weighted by Gasteiger charge is -2.39. The van der Waals surface area contributed by atoms with Gasteiger partial charge in [-0.1, -0.05) is 19.8 Å². The van der Waals surface area contributed by atoms with Gasteiger partial charge in [0.2, 0.25) is 0 Å². The van der Waals surface area contributed by atoms with E-state index in [1.165, 1.54) is 18.2 Å². The predicted octanol–water partition coefficient (Wildman–Crippen LogP) is 1.77. The third-order valence-corrected chi connectivity index (χ3v) is 4.01. The molecule has 4 N–H and O–H groups in total. The molecule has 0 aromatic heterocycles. The van der Waals surface area contributed by atoms with Crippen molar-refractivity contribution in [1.29, 1.82) is 0 Å². The van der Waals surface area contributed by atoms with E-state index in [1.54, 1.807) is 0 Å². The fraction of sp³-hybridized carbons (Fsp3) is 0.533. The number of nitrogens with one attached hydrogen (secondary N) is 1. The molecule has 1 fully saturated rings. The molecule has 1 amide bonds. The third kappa shape index (κ3) is 3.04. The number of aromatic hydroxyl groups is 2. The average molecular weight is 279 g/mol. The second-order valence-corrected chi connectivity index (χ2v) is 5.80. The Bertz CT molecular complexity index is 503. The highest BCUT2D eigenvalue weighted by Crippen LogP contribution is 2.32. The molecule has 0 heterocycles. The second kappa shape index (κ2) is 5.71. The van der Waals surface area contributed by atoms with Gasteiger partial charge in [0.15, 0.2) is 11.5 Å². The molecule has 0 spiro atoms. The van der Waals surface area contributed by atoms with Gasteiger partial charge in [0.05, 0.1) is 12.1 Å². The Balaban J connectivity index is 2.14. The molecule has 2 atom stereocenters. The van der Waals surface area contributed by atoms with Gasteiger partial charge >= 0.3 is 0 Å². The Morgan fingerprint density at radius 1 is 1.40 bits per heavy atom. The molecule has 0 bridgehead atoms. The van der Waals surface area contributed by atoms with Gasteiger partial charge in [-0.3, -0.25) is 4.79 Å². The quantitative estimate of drug-likeness (QED) is 0.635. The van der Waals surface area contributed by atoms with Gasteiger partial charge in [-0.05, 0) is 37.0 Å². The molecule has 1 aliphatic rings. The number of hydrogen-bond acceptors (Lipinski definition) is 4. The van der Waals surface area contributed by atoms with Crippen LogP contribution in [-0.2, 0) is 0 Å². The van der Waals surface area contributed by atoms with Crippen LogP contribution in [0.3, 0.4) is 0 Å². The van der Waals surface area contributed by atoms with E-state index in [0.717, 1.165) is 25.7 Å². The maximum absolute atomic E-state index is 12.2. The number of aliphatic hydroxyl groups excluding tert-OH is 1. The average Bonchev–Trinajstić information content (AvgIpc) is 2.41. The summed E-state index contributed by atoms with van der Waals surface area (Å²) in [6.45, 7) is 2.02. The van der Waals surface area contributed by atoms with Crippen LogP contribution in [0, 0.1) is 5.92 Å². The summed E-state index contributed by atoms with van der Waals surface area (Å²) in [7, 11) is 0.